The van der Waals surface area contributed by atoms with Crippen LogP contribution in [0.4, 0.5) is 0 Å². The van der Waals surface area contributed by atoms with E-state index in [1.807, 2.05) is 31.2 Å². The zero-order valence-electron chi connectivity index (χ0n) is 13.5. The Hall–Kier alpha value is -2.26. The number of carbonyl (C=O) groups excluding carboxylic acids is 2. The Kier molecular flexibility index (Phi) is 1.85. The van der Waals surface area contributed by atoms with Gasteiger partial charge in [-0.25, -0.2) is 0 Å². The van der Waals surface area contributed by atoms with E-state index >= 15 is 0 Å². The van der Waals surface area contributed by atoms with Gasteiger partial charge in [-0.15, -0.1) is 0 Å². The molecule has 3 aliphatic carbocycles. The van der Waals surface area contributed by atoms with E-state index in [1.165, 1.54) is 0 Å². The maximum Gasteiger partial charge on any atom is 0.172 e. The fourth-order valence-electron chi connectivity index (χ4n) is 5.81. The molecule has 0 amide bonds. The van der Waals surface area contributed by atoms with E-state index in [9.17, 15) is 9.59 Å². The van der Waals surface area contributed by atoms with Gasteiger partial charge in [0, 0.05) is 11.3 Å². The normalized spacial score (nSPS) is 39.1. The van der Waals surface area contributed by atoms with Crippen molar-refractivity contribution in [2.45, 2.75) is 31.0 Å². The summed E-state index contributed by atoms with van der Waals surface area (Å²) < 4.78 is 5.54. The van der Waals surface area contributed by atoms with Gasteiger partial charge in [0.25, 0.3) is 0 Å². The number of rotatable bonds is 0. The van der Waals surface area contributed by atoms with Crippen molar-refractivity contribution in [2.75, 3.05) is 0 Å². The minimum absolute atomic E-state index is 0.0982. The van der Waals surface area contributed by atoms with E-state index < -0.39 is 22.5 Å². The second kappa shape index (κ2) is 3.40. The lowest BCUT2D eigenvalue weighted by Gasteiger charge is -2.19. The van der Waals surface area contributed by atoms with Gasteiger partial charge in [0.15, 0.2) is 23.3 Å². The van der Waals surface area contributed by atoms with E-state index in [1.54, 1.807) is 6.92 Å². The number of ketones is 2. The molecule has 3 nitrogen and oxygen atoms in total. The van der Waals surface area contributed by atoms with Crippen LogP contribution in [0.3, 0.4) is 0 Å². The molecule has 6 rings (SSSR count). The number of hydrogen-bond donors (Lipinski definition) is 0. The van der Waals surface area contributed by atoms with E-state index in [0.717, 1.165) is 22.3 Å². The summed E-state index contributed by atoms with van der Waals surface area (Å²) in [7, 11) is 0. The lowest BCUT2D eigenvalue weighted by molar-refractivity contribution is -0.132. The molecule has 2 saturated carbocycles. The van der Waals surface area contributed by atoms with E-state index in [-0.39, 0.29) is 17.5 Å². The molecule has 2 aromatic rings. The molecule has 2 aromatic carbocycles. The molecule has 0 bridgehead atoms. The van der Waals surface area contributed by atoms with Gasteiger partial charge in [-0.1, -0.05) is 55.5 Å². The van der Waals surface area contributed by atoms with Gasteiger partial charge >= 0.3 is 0 Å². The van der Waals surface area contributed by atoms with Crippen LogP contribution in [-0.2, 0) is 19.7 Å². The molecule has 4 atom stereocenters. The molecule has 1 spiro atoms. The minimum atomic E-state index is -0.892. The van der Waals surface area contributed by atoms with Crippen LogP contribution in [0.15, 0.2) is 48.5 Å². The van der Waals surface area contributed by atoms with Crippen molar-refractivity contribution in [3.63, 3.8) is 0 Å². The number of benzene rings is 2. The summed E-state index contributed by atoms with van der Waals surface area (Å²) in [6, 6.07) is 16.4. The van der Waals surface area contributed by atoms with E-state index in [4.69, 9.17) is 4.74 Å². The molecular weight excluding hydrogens is 300 g/mol. The Labute approximate surface area is 139 Å². The molecule has 4 aliphatic rings. The molecule has 0 N–H and O–H groups in total. The lowest BCUT2D eigenvalue weighted by Crippen LogP contribution is -2.39. The Morgan fingerprint density at radius 3 is 1.96 bits per heavy atom. The fourth-order valence-corrected chi connectivity index (χ4v) is 5.81. The van der Waals surface area contributed by atoms with Gasteiger partial charge in [-0.3, -0.25) is 9.59 Å². The molecule has 1 heterocycles. The first-order valence-electron chi connectivity index (χ1n) is 8.45. The molecule has 0 radical (unpaired) electrons. The monoisotopic (exact) mass is 316 g/mol. The Morgan fingerprint density at radius 2 is 1.38 bits per heavy atom. The highest BCUT2D eigenvalue weighted by Gasteiger charge is 2.91. The Bertz CT molecular complexity index is 943. The van der Waals surface area contributed by atoms with Crippen LogP contribution in [0.5, 0.6) is 0 Å². The maximum absolute atomic E-state index is 13.2. The van der Waals surface area contributed by atoms with Crippen LogP contribution in [0.1, 0.15) is 25.0 Å². The highest BCUT2D eigenvalue weighted by Crippen LogP contribution is 2.81. The Balaban J connectivity index is 1.71. The summed E-state index contributed by atoms with van der Waals surface area (Å²) in [5.74, 6) is -0.117. The summed E-state index contributed by atoms with van der Waals surface area (Å²) in [5, 5.41) is 0. The van der Waals surface area contributed by atoms with Crippen molar-refractivity contribution in [3.05, 3.63) is 59.7 Å². The number of carbonyl (C=O) groups is 2. The molecule has 118 valence electrons. The topological polar surface area (TPSA) is 46.7 Å². The second-order valence-electron chi connectivity index (χ2n) is 7.87. The van der Waals surface area contributed by atoms with Crippen molar-refractivity contribution >= 4 is 11.6 Å². The quantitative estimate of drug-likeness (QED) is 0.702. The molecule has 3 fully saturated rings. The largest absolute Gasteiger partial charge is 0.350 e. The molecule has 3 heteroatoms. The highest BCUT2D eigenvalue weighted by atomic mass is 16.6. The fraction of sp³-hybridized carbons (Fsp3) is 0.333. The van der Waals surface area contributed by atoms with Gasteiger partial charge in [0.05, 0.1) is 5.41 Å². The number of fused-ring (bicyclic) bond motifs is 9. The van der Waals surface area contributed by atoms with Crippen molar-refractivity contribution < 1.29 is 14.3 Å². The molecule has 24 heavy (non-hydrogen) atoms. The molecule has 1 saturated heterocycles. The minimum Gasteiger partial charge on any atom is -0.350 e. The predicted octanol–water partition coefficient (Wildman–Crippen LogP) is 2.90. The van der Waals surface area contributed by atoms with Crippen LogP contribution in [0.25, 0.3) is 11.1 Å². The zero-order chi connectivity index (χ0) is 16.5. The van der Waals surface area contributed by atoms with Gasteiger partial charge < -0.3 is 4.74 Å². The molecule has 0 aromatic heterocycles. The number of hydrogen-bond acceptors (Lipinski definition) is 3. The second-order valence-corrected chi connectivity index (χ2v) is 7.87. The highest BCUT2D eigenvalue weighted by molar-refractivity contribution is 6.18. The van der Waals surface area contributed by atoms with Gasteiger partial charge in [-0.2, -0.15) is 0 Å². The summed E-state index contributed by atoms with van der Waals surface area (Å²) in [4.78, 5) is 26.4. The SMILES string of the molecule is C[C@@]12OC1C(=O)[C@]1(C)C(C2=O)C12c1ccccc1-c1ccccc12. The number of epoxide rings is 1. The van der Waals surface area contributed by atoms with Crippen molar-refractivity contribution in [2.24, 2.45) is 11.3 Å². The van der Waals surface area contributed by atoms with Crippen molar-refractivity contribution in [1.82, 2.24) is 0 Å². The maximum atomic E-state index is 13.2. The number of ether oxygens (including phenoxy) is 1. The van der Waals surface area contributed by atoms with Crippen LogP contribution in [0, 0.1) is 11.3 Å². The summed E-state index contributed by atoms with van der Waals surface area (Å²) in [6.45, 7) is 3.74. The first-order valence-corrected chi connectivity index (χ1v) is 8.45. The van der Waals surface area contributed by atoms with Crippen LogP contribution in [-0.4, -0.2) is 23.3 Å². The van der Waals surface area contributed by atoms with Crippen LogP contribution < -0.4 is 0 Å². The van der Waals surface area contributed by atoms with Crippen molar-refractivity contribution in [3.8, 4) is 11.1 Å². The molecule has 2 unspecified atom stereocenters. The molecular formula is C21H16O3. The predicted molar refractivity (Wildman–Crippen MR) is 87.5 cm³/mol. The van der Waals surface area contributed by atoms with Crippen LogP contribution >= 0.6 is 0 Å². The summed E-state index contributed by atoms with van der Waals surface area (Å²) in [5.41, 5.74) is 2.49. The number of Topliss-reactive ketones (excluding diaryl/α,β-unsaturated/α-hetero) is 2. The van der Waals surface area contributed by atoms with Crippen molar-refractivity contribution in [1.29, 1.82) is 0 Å². The van der Waals surface area contributed by atoms with Gasteiger partial charge in [0.1, 0.15) is 0 Å². The zero-order valence-corrected chi connectivity index (χ0v) is 13.5. The smallest absolute Gasteiger partial charge is 0.172 e. The standard InChI is InChI=1S/C21H16O3/c1-19-15(16(22)20(2)18(24-20)17(19)23)21(19)13-9-5-3-7-11(13)12-8-4-6-10-14(12)21/h3-10,15,18H,1-2H3/t15?,18?,19-,20-/m0/s1. The van der Waals surface area contributed by atoms with E-state index in [0.29, 0.717) is 0 Å². The van der Waals surface area contributed by atoms with Crippen LogP contribution in [0.2, 0.25) is 0 Å². The van der Waals surface area contributed by atoms with E-state index in [2.05, 4.69) is 24.3 Å². The molecule has 1 aliphatic heterocycles. The first-order chi connectivity index (χ1) is 11.5. The van der Waals surface area contributed by atoms with Gasteiger partial charge in [0.2, 0.25) is 0 Å². The third-order valence-electron chi connectivity index (χ3n) is 7.05. The third kappa shape index (κ3) is 0.989. The third-order valence-corrected chi connectivity index (χ3v) is 7.05. The average molecular weight is 316 g/mol. The lowest BCUT2D eigenvalue weighted by atomic mass is 9.79. The van der Waals surface area contributed by atoms with Gasteiger partial charge in [-0.05, 0) is 29.2 Å². The summed E-state index contributed by atoms with van der Waals surface area (Å²) >= 11 is 0. The first kappa shape index (κ1) is 13.1. The summed E-state index contributed by atoms with van der Waals surface area (Å²) in [6.07, 6.45) is -0.550. The Morgan fingerprint density at radius 1 is 0.833 bits per heavy atom. The average Bonchev–Trinajstić information content (AvgIpc) is 3.41.